The molecule has 0 radical (unpaired) electrons. The molecule has 4 rings (SSSR count). The number of hydrogen-bond acceptors (Lipinski definition) is 4. The van der Waals surface area contributed by atoms with Crippen LogP contribution in [0, 0.1) is 20.8 Å². The number of aromatic nitrogens is 2. The summed E-state index contributed by atoms with van der Waals surface area (Å²) in [7, 11) is 5.05. The van der Waals surface area contributed by atoms with Crippen LogP contribution in [-0.2, 0) is 7.05 Å². The van der Waals surface area contributed by atoms with Crippen molar-refractivity contribution >= 4 is 5.69 Å². The first kappa shape index (κ1) is 21.9. The molecule has 2 aromatic carbocycles. The summed E-state index contributed by atoms with van der Waals surface area (Å²) in [4.78, 5) is 18.4. The minimum Gasteiger partial charge on any atom is -0.493 e. The summed E-state index contributed by atoms with van der Waals surface area (Å²) < 4.78 is 14.6. The Bertz CT molecular complexity index is 1320. The van der Waals surface area contributed by atoms with Gasteiger partial charge in [-0.25, -0.2) is 9.79 Å². The van der Waals surface area contributed by atoms with Crippen LogP contribution in [0.5, 0.6) is 11.5 Å². The highest BCUT2D eigenvalue weighted by molar-refractivity contribution is 5.71. The lowest BCUT2D eigenvalue weighted by Crippen LogP contribution is -2.42. The Morgan fingerprint density at radius 3 is 2.09 bits per heavy atom. The topological polar surface area (TPSA) is 57.8 Å². The van der Waals surface area contributed by atoms with Gasteiger partial charge in [-0.2, -0.15) is 0 Å². The number of rotatable bonds is 3. The fraction of sp³-hybridized carbons (Fsp3) is 0.385. The van der Waals surface area contributed by atoms with E-state index in [1.807, 2.05) is 22.8 Å². The maximum absolute atomic E-state index is 13.5. The van der Waals surface area contributed by atoms with Crippen molar-refractivity contribution < 1.29 is 9.47 Å². The highest BCUT2D eigenvalue weighted by Gasteiger charge is 2.31. The van der Waals surface area contributed by atoms with Crippen LogP contribution in [-0.4, -0.2) is 23.4 Å². The van der Waals surface area contributed by atoms with Crippen molar-refractivity contribution in [2.45, 2.75) is 46.6 Å². The fourth-order valence-electron chi connectivity index (χ4n) is 4.80. The number of hydrogen-bond donors (Lipinski definition) is 0. The molecular weight excluding hydrogens is 402 g/mol. The first-order valence-corrected chi connectivity index (χ1v) is 10.9. The van der Waals surface area contributed by atoms with Gasteiger partial charge >= 0.3 is 5.69 Å². The van der Waals surface area contributed by atoms with Crippen molar-refractivity contribution in [3.05, 3.63) is 68.6 Å². The molecule has 6 nitrogen and oxygen atoms in total. The first-order chi connectivity index (χ1) is 15.2. The van der Waals surface area contributed by atoms with Crippen molar-refractivity contribution in [3.63, 3.8) is 0 Å². The SMILES string of the molecule is COc1cc2c(cc1OC)[C@@H](C)[C@@H](C)n1c-2cc(=Nc2c(C)cc(C)cc2C)n(C)c1=O. The van der Waals surface area contributed by atoms with Gasteiger partial charge in [-0.15, -0.1) is 0 Å². The summed E-state index contributed by atoms with van der Waals surface area (Å²) in [6.07, 6.45) is 0. The lowest BCUT2D eigenvalue weighted by atomic mass is 9.85. The zero-order valence-corrected chi connectivity index (χ0v) is 20.1. The third-order valence-electron chi connectivity index (χ3n) is 6.68. The number of methoxy groups -OCH3 is 2. The second-order valence-corrected chi connectivity index (χ2v) is 8.78. The highest BCUT2D eigenvalue weighted by atomic mass is 16.5. The van der Waals surface area contributed by atoms with Gasteiger partial charge < -0.3 is 9.47 Å². The molecule has 3 aromatic rings. The summed E-state index contributed by atoms with van der Waals surface area (Å²) in [6.45, 7) is 10.4. The smallest absolute Gasteiger partial charge is 0.330 e. The average molecular weight is 434 g/mol. The van der Waals surface area contributed by atoms with E-state index in [2.05, 4.69) is 46.8 Å². The van der Waals surface area contributed by atoms with Gasteiger partial charge in [0, 0.05) is 30.6 Å². The van der Waals surface area contributed by atoms with Crippen molar-refractivity contribution in [2.24, 2.45) is 12.0 Å². The van der Waals surface area contributed by atoms with Gasteiger partial charge in [0.1, 0.15) is 5.49 Å². The predicted octanol–water partition coefficient (Wildman–Crippen LogP) is 4.71. The molecule has 0 N–H and O–H groups in total. The maximum Gasteiger partial charge on any atom is 0.330 e. The predicted molar refractivity (Wildman–Crippen MR) is 127 cm³/mol. The molecule has 0 spiro atoms. The standard InChI is InChI=1S/C26H31N3O3/c1-14-9-15(2)25(16(3)10-14)27-24-13-21-20-12-23(32-8)22(31-7)11-19(20)17(4)18(5)29(21)26(30)28(24)6/h9-13,17-18H,1-8H3/t17-,18+/m0/s1. The molecule has 0 unspecified atom stereocenters. The van der Waals surface area contributed by atoms with Crippen molar-refractivity contribution in [3.8, 4) is 22.8 Å². The van der Waals surface area contributed by atoms with Crippen LogP contribution >= 0.6 is 0 Å². The van der Waals surface area contributed by atoms with Crippen LogP contribution in [0.3, 0.4) is 0 Å². The van der Waals surface area contributed by atoms with Gasteiger partial charge in [-0.3, -0.25) is 9.13 Å². The Morgan fingerprint density at radius 2 is 1.50 bits per heavy atom. The van der Waals surface area contributed by atoms with E-state index in [1.54, 1.807) is 25.8 Å². The van der Waals surface area contributed by atoms with E-state index in [-0.39, 0.29) is 17.6 Å². The van der Waals surface area contributed by atoms with E-state index in [9.17, 15) is 4.79 Å². The molecule has 0 saturated carbocycles. The molecule has 0 saturated heterocycles. The lowest BCUT2D eigenvalue weighted by molar-refractivity contribution is 0.352. The molecule has 32 heavy (non-hydrogen) atoms. The Morgan fingerprint density at radius 1 is 0.906 bits per heavy atom. The van der Waals surface area contributed by atoms with Crippen LogP contribution in [0.25, 0.3) is 11.3 Å². The summed E-state index contributed by atoms with van der Waals surface area (Å²) in [5.41, 5.74) is 7.78. The van der Waals surface area contributed by atoms with Gasteiger partial charge in [-0.1, -0.05) is 24.6 Å². The molecule has 0 bridgehead atoms. The second-order valence-electron chi connectivity index (χ2n) is 8.78. The lowest BCUT2D eigenvalue weighted by Gasteiger charge is -2.33. The largest absolute Gasteiger partial charge is 0.493 e. The quantitative estimate of drug-likeness (QED) is 0.601. The Balaban J connectivity index is 2.06. The molecular formula is C26H31N3O3. The Labute approximate surface area is 188 Å². The van der Waals surface area contributed by atoms with Crippen molar-refractivity contribution in [1.82, 2.24) is 9.13 Å². The molecule has 168 valence electrons. The molecule has 2 atom stereocenters. The van der Waals surface area contributed by atoms with E-state index in [4.69, 9.17) is 14.5 Å². The van der Waals surface area contributed by atoms with Gasteiger partial charge in [-0.05, 0) is 56.5 Å². The zero-order valence-electron chi connectivity index (χ0n) is 20.1. The number of fused-ring (bicyclic) bond motifs is 3. The maximum atomic E-state index is 13.5. The summed E-state index contributed by atoms with van der Waals surface area (Å²) in [5.74, 6) is 1.47. The Hall–Kier alpha value is -3.28. The summed E-state index contributed by atoms with van der Waals surface area (Å²) >= 11 is 0. The molecule has 0 amide bonds. The number of benzene rings is 2. The van der Waals surface area contributed by atoms with Gasteiger partial charge in [0.2, 0.25) is 0 Å². The highest BCUT2D eigenvalue weighted by Crippen LogP contribution is 2.45. The zero-order chi connectivity index (χ0) is 23.3. The van der Waals surface area contributed by atoms with Crippen LogP contribution < -0.4 is 20.7 Å². The van der Waals surface area contributed by atoms with Crippen LogP contribution in [0.2, 0.25) is 0 Å². The van der Waals surface area contributed by atoms with E-state index >= 15 is 0 Å². The molecule has 0 fully saturated rings. The van der Waals surface area contributed by atoms with Crippen molar-refractivity contribution in [2.75, 3.05) is 14.2 Å². The normalized spacial score (nSPS) is 17.7. The van der Waals surface area contributed by atoms with Crippen LogP contribution in [0.15, 0.2) is 40.1 Å². The number of nitrogens with zero attached hydrogens (tertiary/aromatic N) is 3. The van der Waals surface area contributed by atoms with E-state index < -0.39 is 0 Å². The minimum absolute atomic E-state index is 0.00815. The third kappa shape index (κ3) is 3.34. The molecule has 1 aliphatic rings. The third-order valence-corrected chi connectivity index (χ3v) is 6.68. The number of ether oxygens (including phenoxy) is 2. The Kier molecular flexibility index (Phi) is 5.49. The van der Waals surface area contributed by atoms with Gasteiger partial charge in [0.05, 0.1) is 25.6 Å². The number of aryl methyl sites for hydroxylation is 3. The van der Waals surface area contributed by atoms with E-state index in [1.165, 1.54) is 5.56 Å². The van der Waals surface area contributed by atoms with Crippen LogP contribution in [0.4, 0.5) is 5.69 Å². The van der Waals surface area contributed by atoms with Gasteiger partial charge in [0.15, 0.2) is 11.5 Å². The molecule has 2 heterocycles. The van der Waals surface area contributed by atoms with E-state index in [0.29, 0.717) is 17.0 Å². The first-order valence-electron chi connectivity index (χ1n) is 10.9. The van der Waals surface area contributed by atoms with E-state index in [0.717, 1.165) is 33.6 Å². The van der Waals surface area contributed by atoms with Crippen molar-refractivity contribution in [1.29, 1.82) is 0 Å². The molecule has 1 aliphatic heterocycles. The summed E-state index contributed by atoms with van der Waals surface area (Å²) in [5, 5.41) is 0. The van der Waals surface area contributed by atoms with Crippen LogP contribution in [0.1, 0.15) is 48.1 Å². The van der Waals surface area contributed by atoms with Gasteiger partial charge in [0.25, 0.3) is 0 Å². The molecule has 0 aliphatic carbocycles. The molecule has 1 aromatic heterocycles. The average Bonchev–Trinajstić information content (AvgIpc) is 2.76. The minimum atomic E-state index is -0.0801. The monoisotopic (exact) mass is 433 g/mol. The fourth-order valence-corrected chi connectivity index (χ4v) is 4.80. The molecule has 6 heteroatoms. The second kappa shape index (κ2) is 8.01. The summed E-state index contributed by atoms with van der Waals surface area (Å²) in [6, 6.07) is 10.2.